The SMILES string of the molecule is C=CCn1c(COc2ccccc2Cl)nnc1SCC(=O)Nc1sc(C)cc1C(=O)OCC. The first kappa shape index (κ1) is 24.8. The minimum atomic E-state index is -0.460. The number of aryl methyl sites for hydroxylation is 1. The van der Waals surface area contributed by atoms with Gasteiger partial charge < -0.3 is 14.8 Å². The fraction of sp³-hybridized carbons (Fsp3) is 0.273. The summed E-state index contributed by atoms with van der Waals surface area (Å²) in [5.74, 6) is 0.480. The third-order valence-corrected chi connectivity index (χ3v) is 6.48. The molecule has 0 saturated carbocycles. The number of esters is 1. The molecule has 174 valence electrons. The van der Waals surface area contributed by atoms with E-state index >= 15 is 0 Å². The van der Waals surface area contributed by atoms with Gasteiger partial charge in [0.25, 0.3) is 0 Å². The number of para-hydroxylation sites is 1. The fourth-order valence-corrected chi connectivity index (χ4v) is 4.68. The third-order valence-electron chi connectivity index (χ3n) is 4.23. The molecule has 2 aromatic heterocycles. The highest BCUT2D eigenvalue weighted by atomic mass is 35.5. The maximum absolute atomic E-state index is 12.6. The molecular weight excluding hydrogens is 484 g/mol. The molecule has 0 saturated heterocycles. The zero-order valence-corrected chi connectivity index (χ0v) is 20.6. The normalized spacial score (nSPS) is 10.6. The van der Waals surface area contributed by atoms with Crippen LogP contribution in [0.2, 0.25) is 5.02 Å². The Morgan fingerprint density at radius 1 is 1.33 bits per heavy atom. The summed E-state index contributed by atoms with van der Waals surface area (Å²) in [4.78, 5) is 25.6. The van der Waals surface area contributed by atoms with Crippen LogP contribution in [0, 0.1) is 6.92 Å². The van der Waals surface area contributed by atoms with E-state index in [2.05, 4.69) is 22.1 Å². The number of ether oxygens (including phenoxy) is 2. The molecule has 0 aliphatic carbocycles. The first-order chi connectivity index (χ1) is 15.9. The smallest absolute Gasteiger partial charge is 0.341 e. The Labute approximate surface area is 204 Å². The number of hydrogen-bond donors (Lipinski definition) is 1. The molecule has 0 atom stereocenters. The molecule has 0 aliphatic rings. The molecule has 11 heteroatoms. The highest BCUT2D eigenvalue weighted by Crippen LogP contribution is 2.29. The number of amides is 1. The number of thioether (sulfide) groups is 1. The Bertz CT molecular complexity index is 1150. The fourth-order valence-electron chi connectivity index (χ4n) is 2.81. The van der Waals surface area contributed by atoms with Gasteiger partial charge in [-0.1, -0.05) is 41.6 Å². The van der Waals surface area contributed by atoms with Crippen molar-refractivity contribution >= 4 is 51.6 Å². The summed E-state index contributed by atoms with van der Waals surface area (Å²) in [6, 6.07) is 8.87. The lowest BCUT2D eigenvalue weighted by Crippen LogP contribution is -2.16. The largest absolute Gasteiger partial charge is 0.484 e. The second-order valence-electron chi connectivity index (χ2n) is 6.67. The van der Waals surface area contributed by atoms with Gasteiger partial charge in [-0.2, -0.15) is 0 Å². The van der Waals surface area contributed by atoms with Crippen LogP contribution in [0.5, 0.6) is 5.75 Å². The lowest BCUT2D eigenvalue weighted by molar-refractivity contribution is -0.113. The number of nitrogens with zero attached hydrogens (tertiary/aromatic N) is 3. The summed E-state index contributed by atoms with van der Waals surface area (Å²) < 4.78 is 12.6. The van der Waals surface area contributed by atoms with Crippen LogP contribution in [-0.4, -0.2) is 39.0 Å². The van der Waals surface area contributed by atoms with Crippen molar-refractivity contribution in [3.8, 4) is 5.75 Å². The zero-order valence-electron chi connectivity index (χ0n) is 18.2. The number of nitrogens with one attached hydrogen (secondary N) is 1. The molecule has 0 spiro atoms. The number of benzene rings is 1. The van der Waals surface area contributed by atoms with Crippen LogP contribution >= 0.6 is 34.7 Å². The molecule has 33 heavy (non-hydrogen) atoms. The van der Waals surface area contributed by atoms with Crippen LogP contribution in [0.25, 0.3) is 0 Å². The first-order valence-corrected chi connectivity index (χ1v) is 12.2. The van der Waals surface area contributed by atoms with E-state index in [0.717, 1.165) is 4.88 Å². The van der Waals surface area contributed by atoms with Gasteiger partial charge in [-0.15, -0.1) is 28.1 Å². The van der Waals surface area contributed by atoms with Crippen molar-refractivity contribution in [3.05, 3.63) is 64.3 Å². The summed E-state index contributed by atoms with van der Waals surface area (Å²) in [5, 5.41) is 12.7. The molecule has 0 unspecified atom stereocenters. The summed E-state index contributed by atoms with van der Waals surface area (Å²) in [6.07, 6.45) is 1.71. The Morgan fingerprint density at radius 2 is 2.12 bits per heavy atom. The van der Waals surface area contributed by atoms with Crippen LogP contribution in [-0.2, 0) is 22.7 Å². The van der Waals surface area contributed by atoms with E-state index in [1.54, 1.807) is 31.2 Å². The summed E-state index contributed by atoms with van der Waals surface area (Å²) in [7, 11) is 0. The van der Waals surface area contributed by atoms with Gasteiger partial charge in [0.2, 0.25) is 5.91 Å². The lowest BCUT2D eigenvalue weighted by atomic mass is 10.3. The van der Waals surface area contributed by atoms with Gasteiger partial charge >= 0.3 is 5.97 Å². The molecule has 1 amide bonds. The van der Waals surface area contributed by atoms with E-state index in [1.165, 1.54) is 23.1 Å². The highest BCUT2D eigenvalue weighted by Gasteiger charge is 2.19. The number of thiophene rings is 1. The molecular formula is C22H23ClN4O4S2. The predicted octanol–water partition coefficient (Wildman–Crippen LogP) is 4.97. The maximum atomic E-state index is 12.6. The quantitative estimate of drug-likeness (QED) is 0.223. The van der Waals surface area contributed by atoms with Crippen LogP contribution in [0.15, 0.2) is 48.1 Å². The van der Waals surface area contributed by atoms with Gasteiger partial charge in [0.05, 0.1) is 22.9 Å². The van der Waals surface area contributed by atoms with Crippen molar-refractivity contribution in [2.45, 2.75) is 32.2 Å². The van der Waals surface area contributed by atoms with Gasteiger partial charge in [-0.05, 0) is 32.0 Å². The number of halogens is 1. The number of hydrogen-bond acceptors (Lipinski definition) is 8. The Morgan fingerprint density at radius 3 is 2.85 bits per heavy atom. The first-order valence-electron chi connectivity index (χ1n) is 10.0. The predicted molar refractivity (Wildman–Crippen MR) is 130 cm³/mol. The summed E-state index contributed by atoms with van der Waals surface area (Å²) in [5.41, 5.74) is 0.353. The van der Waals surface area contributed by atoms with Crippen molar-refractivity contribution in [1.82, 2.24) is 14.8 Å². The molecule has 0 radical (unpaired) electrons. The molecule has 0 fully saturated rings. The van der Waals surface area contributed by atoms with E-state index < -0.39 is 5.97 Å². The van der Waals surface area contributed by atoms with Gasteiger partial charge in [-0.25, -0.2) is 4.79 Å². The van der Waals surface area contributed by atoms with E-state index in [-0.39, 0.29) is 24.9 Å². The van der Waals surface area contributed by atoms with Crippen molar-refractivity contribution in [2.75, 3.05) is 17.7 Å². The summed E-state index contributed by atoms with van der Waals surface area (Å²) in [6.45, 7) is 8.25. The van der Waals surface area contributed by atoms with Gasteiger partial charge in [0, 0.05) is 11.4 Å². The van der Waals surface area contributed by atoms with E-state index in [1.807, 2.05) is 23.6 Å². The van der Waals surface area contributed by atoms with Crippen LogP contribution in [0.4, 0.5) is 5.00 Å². The number of rotatable bonds is 11. The monoisotopic (exact) mass is 506 g/mol. The molecule has 1 N–H and O–H groups in total. The molecule has 0 aliphatic heterocycles. The van der Waals surface area contributed by atoms with Crippen LogP contribution in [0.1, 0.15) is 28.0 Å². The van der Waals surface area contributed by atoms with Crippen molar-refractivity contribution < 1.29 is 19.1 Å². The standard InChI is InChI=1S/C22H23ClN4O4S2/c1-4-10-27-18(12-31-17-9-7-6-8-16(17)23)25-26-22(27)32-13-19(28)24-20-15(11-14(3)33-20)21(29)30-5-2/h4,6-9,11H,1,5,10,12-13H2,2-3H3,(H,24,28). The third kappa shape index (κ3) is 6.59. The van der Waals surface area contributed by atoms with Crippen molar-refractivity contribution in [3.63, 3.8) is 0 Å². The van der Waals surface area contributed by atoms with Crippen LogP contribution < -0.4 is 10.1 Å². The molecule has 3 rings (SSSR count). The average Bonchev–Trinajstić information content (AvgIpc) is 3.35. The lowest BCUT2D eigenvalue weighted by Gasteiger charge is -2.10. The van der Waals surface area contributed by atoms with Crippen LogP contribution in [0.3, 0.4) is 0 Å². The zero-order chi connectivity index (χ0) is 23.8. The Kier molecular flexibility index (Phi) is 8.93. The average molecular weight is 507 g/mol. The van der Waals surface area contributed by atoms with E-state index in [0.29, 0.717) is 38.9 Å². The minimum absolute atomic E-state index is 0.0832. The minimum Gasteiger partial charge on any atom is -0.484 e. The van der Waals surface area contributed by atoms with Crippen molar-refractivity contribution in [2.24, 2.45) is 0 Å². The van der Waals surface area contributed by atoms with E-state index in [4.69, 9.17) is 21.1 Å². The van der Waals surface area contributed by atoms with Crippen molar-refractivity contribution in [1.29, 1.82) is 0 Å². The second-order valence-corrected chi connectivity index (χ2v) is 9.28. The summed E-state index contributed by atoms with van der Waals surface area (Å²) >= 11 is 8.69. The Hall–Kier alpha value is -2.82. The molecule has 8 nitrogen and oxygen atoms in total. The van der Waals surface area contributed by atoms with E-state index in [9.17, 15) is 9.59 Å². The van der Waals surface area contributed by atoms with Gasteiger partial charge in [0.15, 0.2) is 11.0 Å². The van der Waals surface area contributed by atoms with Gasteiger partial charge in [-0.3, -0.25) is 9.36 Å². The maximum Gasteiger partial charge on any atom is 0.341 e. The molecule has 2 heterocycles. The Balaban J connectivity index is 1.64. The number of carbonyl (C=O) groups excluding carboxylic acids is 2. The highest BCUT2D eigenvalue weighted by molar-refractivity contribution is 7.99. The number of carbonyl (C=O) groups is 2. The number of allylic oxidation sites excluding steroid dienone is 1. The number of anilines is 1. The van der Waals surface area contributed by atoms with Gasteiger partial charge in [0.1, 0.15) is 17.4 Å². The number of aromatic nitrogens is 3. The topological polar surface area (TPSA) is 95.3 Å². The molecule has 3 aromatic rings. The second kappa shape index (κ2) is 11.9. The molecule has 0 bridgehead atoms. The molecule has 1 aromatic carbocycles.